The Balaban J connectivity index is 1.83. The lowest BCUT2D eigenvalue weighted by Gasteiger charge is -2.05. The van der Waals surface area contributed by atoms with Gasteiger partial charge in [-0.25, -0.2) is 9.82 Å². The maximum Gasteiger partial charge on any atom is 0.271 e. The van der Waals surface area contributed by atoms with Crippen molar-refractivity contribution >= 4 is 34.5 Å². The first-order valence-electron chi connectivity index (χ1n) is 6.92. The van der Waals surface area contributed by atoms with Crippen LogP contribution in [-0.2, 0) is 0 Å². The van der Waals surface area contributed by atoms with Gasteiger partial charge in [-0.1, -0.05) is 54.1 Å². The molecule has 3 aromatic rings. The van der Waals surface area contributed by atoms with Gasteiger partial charge in [-0.05, 0) is 29.0 Å². The summed E-state index contributed by atoms with van der Waals surface area (Å²) in [5, 5.41) is 5.81. The van der Waals surface area contributed by atoms with Gasteiger partial charge in [0.2, 0.25) is 0 Å². The molecule has 0 saturated carbocycles. The van der Waals surface area contributed by atoms with Crippen LogP contribution in [0.15, 0.2) is 65.8 Å². The van der Waals surface area contributed by atoms with Crippen LogP contribution in [0, 0.1) is 5.82 Å². The van der Waals surface area contributed by atoms with Crippen LogP contribution in [0.4, 0.5) is 4.39 Å². The second kappa shape index (κ2) is 6.58. The van der Waals surface area contributed by atoms with E-state index in [0.717, 1.165) is 10.8 Å². The average molecular weight is 327 g/mol. The zero-order chi connectivity index (χ0) is 16.2. The van der Waals surface area contributed by atoms with Gasteiger partial charge in [0.1, 0.15) is 5.82 Å². The lowest BCUT2D eigenvalue weighted by Crippen LogP contribution is -2.18. The van der Waals surface area contributed by atoms with Gasteiger partial charge in [0.15, 0.2) is 0 Å². The molecular weight excluding hydrogens is 315 g/mol. The molecule has 0 aliphatic rings. The number of hydrazone groups is 1. The Morgan fingerprint density at radius 2 is 1.78 bits per heavy atom. The number of nitrogens with one attached hydrogen (secondary N) is 1. The van der Waals surface area contributed by atoms with Crippen molar-refractivity contribution in [2.75, 3.05) is 0 Å². The van der Waals surface area contributed by atoms with Gasteiger partial charge < -0.3 is 0 Å². The Labute approximate surface area is 137 Å². The molecule has 0 atom stereocenters. The van der Waals surface area contributed by atoms with Crippen molar-refractivity contribution in [2.45, 2.75) is 0 Å². The molecule has 1 N–H and O–H groups in total. The smallest absolute Gasteiger partial charge is 0.267 e. The fourth-order valence-electron chi connectivity index (χ4n) is 2.27. The van der Waals surface area contributed by atoms with E-state index in [9.17, 15) is 9.18 Å². The molecular formula is C18H12ClFN2O. The molecule has 0 aliphatic carbocycles. The Bertz CT molecular complexity index is 883. The van der Waals surface area contributed by atoms with E-state index in [-0.39, 0.29) is 16.5 Å². The van der Waals surface area contributed by atoms with Crippen LogP contribution in [0.2, 0.25) is 5.02 Å². The van der Waals surface area contributed by atoms with E-state index in [1.165, 1.54) is 18.3 Å². The minimum Gasteiger partial charge on any atom is -0.267 e. The van der Waals surface area contributed by atoms with E-state index in [2.05, 4.69) is 10.5 Å². The Hall–Kier alpha value is -2.72. The van der Waals surface area contributed by atoms with Crippen molar-refractivity contribution in [2.24, 2.45) is 5.10 Å². The summed E-state index contributed by atoms with van der Waals surface area (Å²) in [4.78, 5) is 12.3. The van der Waals surface area contributed by atoms with E-state index in [1.807, 2.05) is 30.3 Å². The number of hydrogen-bond donors (Lipinski definition) is 1. The number of fused-ring (bicyclic) bond motifs is 1. The molecule has 0 heterocycles. The lowest BCUT2D eigenvalue weighted by atomic mass is 10.0. The molecule has 0 aliphatic heterocycles. The van der Waals surface area contributed by atoms with Crippen LogP contribution in [0.1, 0.15) is 15.9 Å². The van der Waals surface area contributed by atoms with Crippen LogP contribution >= 0.6 is 11.6 Å². The molecule has 0 spiro atoms. The molecule has 0 unspecified atom stereocenters. The summed E-state index contributed by atoms with van der Waals surface area (Å²) in [5.41, 5.74) is 3.03. The molecule has 114 valence electrons. The normalized spacial score (nSPS) is 11.0. The average Bonchev–Trinajstić information content (AvgIpc) is 2.57. The second-order valence-corrected chi connectivity index (χ2v) is 5.27. The minimum absolute atomic E-state index is 0.132. The van der Waals surface area contributed by atoms with E-state index in [0.29, 0.717) is 5.56 Å². The summed E-state index contributed by atoms with van der Waals surface area (Å²) < 4.78 is 13.6. The number of amides is 1. The van der Waals surface area contributed by atoms with Gasteiger partial charge in [0, 0.05) is 11.1 Å². The van der Waals surface area contributed by atoms with Crippen LogP contribution < -0.4 is 5.43 Å². The summed E-state index contributed by atoms with van der Waals surface area (Å²) in [5.74, 6) is -0.869. The van der Waals surface area contributed by atoms with Crippen molar-refractivity contribution < 1.29 is 9.18 Å². The molecule has 1 amide bonds. The van der Waals surface area contributed by atoms with Gasteiger partial charge >= 0.3 is 0 Å². The predicted octanol–water partition coefficient (Wildman–Crippen LogP) is 4.40. The number of benzene rings is 3. The van der Waals surface area contributed by atoms with E-state index in [1.54, 1.807) is 18.2 Å². The maximum atomic E-state index is 13.6. The standard InChI is InChI=1S/C18H12ClFN2O/c19-16-9-4-10-17(20)15(16)11-21-22-18(23)14-8-3-6-12-5-1-2-7-13(12)14/h1-11H,(H,22,23)/b21-11+. The van der Waals surface area contributed by atoms with Crippen molar-refractivity contribution in [3.63, 3.8) is 0 Å². The molecule has 5 heteroatoms. The number of carbonyl (C=O) groups excluding carboxylic acids is 1. The quantitative estimate of drug-likeness (QED) is 0.562. The fraction of sp³-hybridized carbons (Fsp3) is 0. The summed E-state index contributed by atoms with van der Waals surface area (Å²) in [6.07, 6.45) is 1.20. The Morgan fingerprint density at radius 1 is 1.04 bits per heavy atom. The zero-order valence-electron chi connectivity index (χ0n) is 12.0. The molecule has 3 nitrogen and oxygen atoms in total. The predicted molar refractivity (Wildman–Crippen MR) is 90.4 cm³/mol. The highest BCUT2D eigenvalue weighted by Crippen LogP contribution is 2.19. The number of carbonyl (C=O) groups is 1. The third kappa shape index (κ3) is 3.22. The van der Waals surface area contributed by atoms with Gasteiger partial charge in [-0.2, -0.15) is 5.10 Å². The van der Waals surface area contributed by atoms with E-state index >= 15 is 0 Å². The van der Waals surface area contributed by atoms with Crippen molar-refractivity contribution in [1.29, 1.82) is 0 Å². The monoisotopic (exact) mass is 326 g/mol. The first kappa shape index (κ1) is 15.2. The van der Waals surface area contributed by atoms with Gasteiger partial charge in [-0.3, -0.25) is 4.79 Å². The molecule has 3 rings (SSSR count). The van der Waals surface area contributed by atoms with Gasteiger partial charge in [0.25, 0.3) is 5.91 Å². The topological polar surface area (TPSA) is 41.5 Å². The van der Waals surface area contributed by atoms with Crippen molar-refractivity contribution in [3.8, 4) is 0 Å². The largest absolute Gasteiger partial charge is 0.271 e. The number of nitrogens with zero attached hydrogens (tertiary/aromatic N) is 1. The summed E-state index contributed by atoms with van der Waals surface area (Å²) in [6, 6.07) is 17.3. The molecule has 0 radical (unpaired) electrons. The Kier molecular flexibility index (Phi) is 4.35. The molecule has 23 heavy (non-hydrogen) atoms. The van der Waals surface area contributed by atoms with Crippen molar-refractivity contribution in [1.82, 2.24) is 5.43 Å². The van der Waals surface area contributed by atoms with Gasteiger partial charge in [0.05, 0.1) is 11.2 Å². The molecule has 0 fully saturated rings. The molecule has 0 bridgehead atoms. The van der Waals surface area contributed by atoms with Crippen LogP contribution in [-0.4, -0.2) is 12.1 Å². The highest BCUT2D eigenvalue weighted by atomic mass is 35.5. The molecule has 3 aromatic carbocycles. The second-order valence-electron chi connectivity index (χ2n) is 4.86. The van der Waals surface area contributed by atoms with Gasteiger partial charge in [-0.15, -0.1) is 0 Å². The first-order chi connectivity index (χ1) is 11.2. The number of halogens is 2. The van der Waals surface area contributed by atoms with Crippen LogP contribution in [0.25, 0.3) is 10.8 Å². The summed E-state index contributed by atoms with van der Waals surface area (Å²) in [6.45, 7) is 0. The van der Waals surface area contributed by atoms with Crippen LogP contribution in [0.5, 0.6) is 0 Å². The van der Waals surface area contributed by atoms with Crippen molar-refractivity contribution in [3.05, 3.63) is 82.6 Å². The number of hydrogen-bond acceptors (Lipinski definition) is 2. The fourth-order valence-corrected chi connectivity index (χ4v) is 2.48. The highest BCUT2D eigenvalue weighted by Gasteiger charge is 2.09. The summed E-state index contributed by atoms with van der Waals surface area (Å²) >= 11 is 5.90. The third-order valence-electron chi connectivity index (χ3n) is 3.39. The lowest BCUT2D eigenvalue weighted by molar-refractivity contribution is 0.0957. The highest BCUT2D eigenvalue weighted by molar-refractivity contribution is 6.33. The Morgan fingerprint density at radius 3 is 2.61 bits per heavy atom. The SMILES string of the molecule is O=C(N/N=C/c1c(F)cccc1Cl)c1cccc2ccccc12. The number of rotatable bonds is 3. The minimum atomic E-state index is -0.499. The van der Waals surface area contributed by atoms with E-state index < -0.39 is 5.82 Å². The maximum absolute atomic E-state index is 13.6. The molecule has 0 aromatic heterocycles. The first-order valence-corrected chi connectivity index (χ1v) is 7.30. The van der Waals surface area contributed by atoms with E-state index in [4.69, 9.17) is 11.6 Å². The molecule has 0 saturated heterocycles. The summed E-state index contributed by atoms with van der Waals surface area (Å²) in [7, 11) is 0. The zero-order valence-corrected chi connectivity index (χ0v) is 12.7. The third-order valence-corrected chi connectivity index (χ3v) is 3.72. The van der Waals surface area contributed by atoms with Crippen LogP contribution in [0.3, 0.4) is 0 Å².